The van der Waals surface area contributed by atoms with Crippen LogP contribution >= 0.6 is 0 Å². The molecular formula is C17H26N2O3. The van der Waals surface area contributed by atoms with Gasteiger partial charge in [-0.25, -0.2) is 4.79 Å². The van der Waals surface area contributed by atoms with E-state index in [0.29, 0.717) is 13.2 Å². The van der Waals surface area contributed by atoms with Crippen molar-refractivity contribution in [2.75, 3.05) is 33.4 Å². The summed E-state index contributed by atoms with van der Waals surface area (Å²) < 4.78 is 10.2. The highest BCUT2D eigenvalue weighted by Gasteiger charge is 2.23. The Labute approximate surface area is 132 Å². The van der Waals surface area contributed by atoms with Crippen LogP contribution in [0.25, 0.3) is 0 Å². The number of carbonyl (C=O) groups excluding carboxylic acids is 1. The van der Waals surface area contributed by atoms with E-state index in [-0.39, 0.29) is 12.1 Å². The molecule has 2 rings (SSSR count). The van der Waals surface area contributed by atoms with E-state index in [2.05, 4.69) is 27.1 Å². The molecule has 1 N–H and O–H groups in total. The van der Waals surface area contributed by atoms with Crippen LogP contribution in [-0.2, 0) is 4.74 Å². The summed E-state index contributed by atoms with van der Waals surface area (Å²) in [4.78, 5) is 13.8. The normalized spacial score (nSPS) is 16.8. The lowest BCUT2D eigenvalue weighted by atomic mass is 10.0. The number of carbonyl (C=O) groups is 1. The fraction of sp³-hybridized carbons (Fsp3) is 0.588. The molecule has 1 amide bonds. The topological polar surface area (TPSA) is 50.8 Å². The van der Waals surface area contributed by atoms with Gasteiger partial charge in [-0.05, 0) is 50.6 Å². The van der Waals surface area contributed by atoms with Crippen molar-refractivity contribution >= 4 is 6.09 Å². The zero-order valence-corrected chi connectivity index (χ0v) is 13.5. The Kier molecular flexibility index (Phi) is 6.52. The molecule has 0 aliphatic carbocycles. The predicted octanol–water partition coefficient (Wildman–Crippen LogP) is 2.97. The van der Waals surface area contributed by atoms with Gasteiger partial charge in [0.15, 0.2) is 0 Å². The SMILES string of the molecule is CCOc1ccc(C(CNC(=O)OC)N2CCCCC2)cc1. The minimum absolute atomic E-state index is 0.176. The number of amides is 1. The second-order valence-electron chi connectivity index (χ2n) is 5.49. The van der Waals surface area contributed by atoms with Crippen LogP contribution in [-0.4, -0.2) is 44.3 Å². The van der Waals surface area contributed by atoms with Crippen LogP contribution in [0.5, 0.6) is 5.75 Å². The van der Waals surface area contributed by atoms with Gasteiger partial charge in [0.25, 0.3) is 0 Å². The van der Waals surface area contributed by atoms with Gasteiger partial charge in [-0.1, -0.05) is 18.6 Å². The molecule has 1 aromatic rings. The molecule has 1 fully saturated rings. The number of methoxy groups -OCH3 is 1. The van der Waals surface area contributed by atoms with Crippen molar-refractivity contribution in [1.82, 2.24) is 10.2 Å². The van der Waals surface area contributed by atoms with Gasteiger partial charge in [-0.3, -0.25) is 4.90 Å². The quantitative estimate of drug-likeness (QED) is 0.878. The Morgan fingerprint density at radius 3 is 2.50 bits per heavy atom. The van der Waals surface area contributed by atoms with E-state index in [0.717, 1.165) is 18.8 Å². The molecule has 1 heterocycles. The summed E-state index contributed by atoms with van der Waals surface area (Å²) in [6.45, 7) is 5.34. The number of piperidine rings is 1. The van der Waals surface area contributed by atoms with E-state index >= 15 is 0 Å². The van der Waals surface area contributed by atoms with Crippen LogP contribution in [0.4, 0.5) is 4.79 Å². The fourth-order valence-electron chi connectivity index (χ4n) is 2.89. The number of ether oxygens (including phenoxy) is 2. The van der Waals surface area contributed by atoms with Crippen molar-refractivity contribution in [3.05, 3.63) is 29.8 Å². The maximum atomic E-state index is 11.4. The predicted molar refractivity (Wildman–Crippen MR) is 86.2 cm³/mol. The number of rotatable bonds is 6. The Balaban J connectivity index is 2.09. The Bertz CT molecular complexity index is 455. The van der Waals surface area contributed by atoms with E-state index < -0.39 is 0 Å². The Hall–Kier alpha value is -1.75. The van der Waals surface area contributed by atoms with Crippen molar-refractivity contribution in [1.29, 1.82) is 0 Å². The molecule has 1 saturated heterocycles. The van der Waals surface area contributed by atoms with E-state index in [4.69, 9.17) is 4.74 Å². The highest BCUT2D eigenvalue weighted by atomic mass is 16.5. The molecule has 0 aromatic heterocycles. The van der Waals surface area contributed by atoms with E-state index in [1.807, 2.05) is 19.1 Å². The van der Waals surface area contributed by atoms with Gasteiger partial charge in [0.05, 0.1) is 19.8 Å². The van der Waals surface area contributed by atoms with Crippen LogP contribution in [0.15, 0.2) is 24.3 Å². The molecule has 0 bridgehead atoms. The first kappa shape index (κ1) is 16.6. The molecular weight excluding hydrogens is 280 g/mol. The summed E-state index contributed by atoms with van der Waals surface area (Å²) in [6.07, 6.45) is 3.34. The monoisotopic (exact) mass is 306 g/mol. The summed E-state index contributed by atoms with van der Waals surface area (Å²) in [5.41, 5.74) is 1.20. The molecule has 1 aliphatic heterocycles. The smallest absolute Gasteiger partial charge is 0.406 e. The number of hydrogen-bond donors (Lipinski definition) is 1. The van der Waals surface area contributed by atoms with Crippen molar-refractivity contribution in [3.8, 4) is 5.75 Å². The number of hydrogen-bond acceptors (Lipinski definition) is 4. The van der Waals surface area contributed by atoms with Crippen molar-refractivity contribution < 1.29 is 14.3 Å². The largest absolute Gasteiger partial charge is 0.494 e. The minimum Gasteiger partial charge on any atom is -0.494 e. The standard InChI is InChI=1S/C17H26N2O3/c1-3-22-15-9-7-14(8-10-15)16(13-18-17(20)21-2)19-11-5-4-6-12-19/h7-10,16H,3-6,11-13H2,1-2H3,(H,18,20). The van der Waals surface area contributed by atoms with Crippen molar-refractivity contribution in [2.24, 2.45) is 0 Å². The zero-order valence-electron chi connectivity index (χ0n) is 13.5. The number of benzene rings is 1. The van der Waals surface area contributed by atoms with Gasteiger partial charge in [0, 0.05) is 6.54 Å². The molecule has 122 valence electrons. The van der Waals surface area contributed by atoms with Gasteiger partial charge in [-0.15, -0.1) is 0 Å². The van der Waals surface area contributed by atoms with Gasteiger partial charge >= 0.3 is 6.09 Å². The summed E-state index contributed by atoms with van der Waals surface area (Å²) in [7, 11) is 1.39. The molecule has 5 nitrogen and oxygen atoms in total. The average Bonchev–Trinajstić information content (AvgIpc) is 2.57. The van der Waals surface area contributed by atoms with Crippen LogP contribution in [0, 0.1) is 0 Å². The average molecular weight is 306 g/mol. The lowest BCUT2D eigenvalue weighted by Gasteiger charge is -2.35. The summed E-state index contributed by atoms with van der Waals surface area (Å²) in [5.74, 6) is 0.879. The molecule has 1 atom stereocenters. The van der Waals surface area contributed by atoms with Gasteiger partial charge in [0.1, 0.15) is 5.75 Å². The lowest BCUT2D eigenvalue weighted by molar-refractivity contribution is 0.145. The van der Waals surface area contributed by atoms with Crippen LogP contribution in [0.3, 0.4) is 0 Å². The number of nitrogens with zero attached hydrogens (tertiary/aromatic N) is 1. The number of likely N-dealkylation sites (tertiary alicyclic amines) is 1. The molecule has 5 heteroatoms. The summed E-state index contributed by atoms with van der Waals surface area (Å²) >= 11 is 0. The molecule has 0 spiro atoms. The first-order chi connectivity index (χ1) is 10.7. The van der Waals surface area contributed by atoms with Crippen LogP contribution in [0.2, 0.25) is 0 Å². The molecule has 22 heavy (non-hydrogen) atoms. The fourth-order valence-corrected chi connectivity index (χ4v) is 2.89. The molecule has 1 unspecified atom stereocenters. The minimum atomic E-state index is -0.382. The third-order valence-electron chi connectivity index (χ3n) is 4.03. The van der Waals surface area contributed by atoms with Gasteiger partial charge in [0.2, 0.25) is 0 Å². The second kappa shape index (κ2) is 8.63. The van der Waals surface area contributed by atoms with Gasteiger partial charge < -0.3 is 14.8 Å². The molecule has 1 aliphatic rings. The van der Waals surface area contributed by atoms with Crippen LogP contribution in [0.1, 0.15) is 37.8 Å². The Morgan fingerprint density at radius 1 is 1.23 bits per heavy atom. The second-order valence-corrected chi connectivity index (χ2v) is 5.49. The third-order valence-corrected chi connectivity index (χ3v) is 4.03. The molecule has 1 aromatic carbocycles. The maximum absolute atomic E-state index is 11.4. The lowest BCUT2D eigenvalue weighted by Crippen LogP contribution is -2.40. The Morgan fingerprint density at radius 2 is 1.91 bits per heavy atom. The number of nitrogens with one attached hydrogen (secondary N) is 1. The van der Waals surface area contributed by atoms with E-state index in [1.165, 1.54) is 31.9 Å². The maximum Gasteiger partial charge on any atom is 0.406 e. The van der Waals surface area contributed by atoms with E-state index in [9.17, 15) is 4.79 Å². The van der Waals surface area contributed by atoms with E-state index in [1.54, 1.807) is 0 Å². The summed E-state index contributed by atoms with van der Waals surface area (Å²) in [6, 6.07) is 8.34. The highest BCUT2D eigenvalue weighted by Crippen LogP contribution is 2.26. The highest BCUT2D eigenvalue weighted by molar-refractivity contribution is 5.66. The van der Waals surface area contributed by atoms with Gasteiger partial charge in [-0.2, -0.15) is 0 Å². The van der Waals surface area contributed by atoms with Crippen molar-refractivity contribution in [3.63, 3.8) is 0 Å². The molecule has 0 saturated carbocycles. The third kappa shape index (κ3) is 4.63. The first-order valence-electron chi connectivity index (χ1n) is 8.03. The molecule has 0 radical (unpaired) electrons. The summed E-state index contributed by atoms with van der Waals surface area (Å²) in [5, 5.41) is 2.83. The zero-order chi connectivity index (χ0) is 15.8. The first-order valence-corrected chi connectivity index (χ1v) is 8.03. The number of alkyl carbamates (subject to hydrolysis) is 1. The van der Waals surface area contributed by atoms with Crippen LogP contribution < -0.4 is 10.1 Å². The van der Waals surface area contributed by atoms with Crippen molar-refractivity contribution in [2.45, 2.75) is 32.2 Å².